The van der Waals surface area contributed by atoms with Crippen LogP contribution in [0.1, 0.15) is 25.8 Å². The van der Waals surface area contributed by atoms with Crippen molar-refractivity contribution >= 4 is 17.2 Å². The van der Waals surface area contributed by atoms with Gasteiger partial charge in [-0.05, 0) is 49.6 Å². The number of aromatic amines is 1. The minimum absolute atomic E-state index is 0.183. The van der Waals surface area contributed by atoms with Crippen molar-refractivity contribution in [3.05, 3.63) is 63.1 Å². The molecule has 4 N–H and O–H groups in total. The van der Waals surface area contributed by atoms with Crippen LogP contribution in [0.25, 0.3) is 11.1 Å². The number of amides is 1. The number of benzene rings is 1. The summed E-state index contributed by atoms with van der Waals surface area (Å²) in [5.74, 6) is -2.06. The highest BCUT2D eigenvalue weighted by molar-refractivity contribution is 7.14. The Balaban J connectivity index is 1.73. The molecule has 0 bridgehead atoms. The summed E-state index contributed by atoms with van der Waals surface area (Å²) in [6.45, 7) is 4.05. The Labute approximate surface area is 159 Å². The SMILES string of the molecule is Cc1[nH]ncc1-c1cc(C(=O)N[C@H](CN)Cc2ccc(F)c(F)c2)sc1C. The Morgan fingerprint density at radius 2 is 2.04 bits per heavy atom. The number of carbonyl (C=O) groups is 1. The zero-order chi connectivity index (χ0) is 19.6. The van der Waals surface area contributed by atoms with Crippen molar-refractivity contribution in [1.29, 1.82) is 0 Å². The standard InChI is InChI=1S/C19H20F2N4OS/c1-10-15(9-23-25-10)14-7-18(27-11(14)2)19(26)24-13(8-22)5-12-3-4-16(20)17(21)6-12/h3-4,6-7,9,13H,5,8,22H2,1-2H3,(H,23,25)(H,24,26)/t13-/m0/s1. The van der Waals surface area contributed by atoms with Gasteiger partial charge in [-0.1, -0.05) is 6.07 Å². The molecule has 3 aromatic rings. The van der Waals surface area contributed by atoms with E-state index in [1.165, 1.54) is 17.4 Å². The van der Waals surface area contributed by atoms with Crippen LogP contribution in [0.5, 0.6) is 0 Å². The summed E-state index contributed by atoms with van der Waals surface area (Å²) in [7, 11) is 0. The maximum absolute atomic E-state index is 13.4. The highest BCUT2D eigenvalue weighted by atomic mass is 32.1. The number of thiophene rings is 1. The number of nitrogens with one attached hydrogen (secondary N) is 2. The summed E-state index contributed by atoms with van der Waals surface area (Å²) in [6, 6.07) is 5.13. The number of nitrogens with zero attached hydrogens (tertiary/aromatic N) is 1. The molecule has 0 fully saturated rings. The van der Waals surface area contributed by atoms with E-state index in [4.69, 9.17) is 5.73 Å². The smallest absolute Gasteiger partial charge is 0.261 e. The molecule has 8 heteroatoms. The van der Waals surface area contributed by atoms with E-state index in [1.807, 2.05) is 19.9 Å². The second-order valence-corrected chi connectivity index (χ2v) is 7.60. The molecule has 2 heterocycles. The van der Waals surface area contributed by atoms with E-state index in [1.54, 1.807) is 6.20 Å². The molecule has 3 rings (SSSR count). The first-order valence-corrected chi connectivity index (χ1v) is 9.26. The average molecular weight is 390 g/mol. The molecule has 2 aromatic heterocycles. The van der Waals surface area contributed by atoms with Crippen LogP contribution >= 0.6 is 11.3 Å². The van der Waals surface area contributed by atoms with Gasteiger partial charge in [0, 0.05) is 28.7 Å². The molecule has 1 aromatic carbocycles. The highest BCUT2D eigenvalue weighted by Crippen LogP contribution is 2.32. The van der Waals surface area contributed by atoms with Crippen LogP contribution in [0.3, 0.4) is 0 Å². The minimum atomic E-state index is -0.913. The van der Waals surface area contributed by atoms with Gasteiger partial charge in [-0.3, -0.25) is 9.89 Å². The second kappa shape index (κ2) is 7.98. The van der Waals surface area contributed by atoms with E-state index >= 15 is 0 Å². The largest absolute Gasteiger partial charge is 0.347 e. The number of H-pyrrole nitrogens is 1. The van der Waals surface area contributed by atoms with E-state index in [0.717, 1.165) is 33.8 Å². The van der Waals surface area contributed by atoms with E-state index in [0.29, 0.717) is 16.9 Å². The first-order chi connectivity index (χ1) is 12.9. The fraction of sp³-hybridized carbons (Fsp3) is 0.263. The monoisotopic (exact) mass is 390 g/mol. The Morgan fingerprint density at radius 3 is 2.67 bits per heavy atom. The van der Waals surface area contributed by atoms with Crippen LogP contribution in [-0.2, 0) is 6.42 Å². The average Bonchev–Trinajstić information content (AvgIpc) is 3.22. The Morgan fingerprint density at radius 1 is 1.26 bits per heavy atom. The Hall–Kier alpha value is -2.58. The number of hydrogen-bond donors (Lipinski definition) is 3. The van der Waals surface area contributed by atoms with Crippen molar-refractivity contribution in [2.75, 3.05) is 6.54 Å². The van der Waals surface area contributed by atoms with Gasteiger partial charge in [0.2, 0.25) is 0 Å². The fourth-order valence-corrected chi connectivity index (χ4v) is 3.82. The van der Waals surface area contributed by atoms with Crippen molar-refractivity contribution in [2.24, 2.45) is 5.73 Å². The lowest BCUT2D eigenvalue weighted by Gasteiger charge is -2.16. The lowest BCUT2D eigenvalue weighted by Crippen LogP contribution is -2.41. The van der Waals surface area contributed by atoms with Crippen LogP contribution in [0, 0.1) is 25.5 Å². The quantitative estimate of drug-likeness (QED) is 0.604. The van der Waals surface area contributed by atoms with E-state index in [-0.39, 0.29) is 18.5 Å². The highest BCUT2D eigenvalue weighted by Gasteiger charge is 2.19. The molecule has 0 aliphatic carbocycles. The predicted octanol–water partition coefficient (Wildman–Crippen LogP) is 3.33. The molecule has 0 unspecified atom stereocenters. The number of rotatable bonds is 6. The third-order valence-corrected chi connectivity index (χ3v) is 5.40. The van der Waals surface area contributed by atoms with Crippen LogP contribution in [0.15, 0.2) is 30.5 Å². The van der Waals surface area contributed by atoms with Crippen LogP contribution < -0.4 is 11.1 Å². The summed E-state index contributed by atoms with van der Waals surface area (Å²) < 4.78 is 26.4. The zero-order valence-corrected chi connectivity index (χ0v) is 15.8. The Bertz CT molecular complexity index is 967. The molecule has 0 spiro atoms. The first kappa shape index (κ1) is 19.2. The molecular formula is C19H20F2N4OS. The van der Waals surface area contributed by atoms with E-state index < -0.39 is 11.6 Å². The molecule has 0 aliphatic rings. The molecule has 1 amide bonds. The van der Waals surface area contributed by atoms with Crippen LogP contribution in [0.4, 0.5) is 8.78 Å². The summed E-state index contributed by atoms with van der Waals surface area (Å²) in [5, 5.41) is 9.78. The molecule has 142 valence electrons. The lowest BCUT2D eigenvalue weighted by atomic mass is 10.1. The first-order valence-electron chi connectivity index (χ1n) is 8.44. The van der Waals surface area contributed by atoms with Gasteiger partial charge in [0.15, 0.2) is 11.6 Å². The van der Waals surface area contributed by atoms with Crippen molar-refractivity contribution in [1.82, 2.24) is 15.5 Å². The third-order valence-electron chi connectivity index (χ3n) is 4.35. The van der Waals surface area contributed by atoms with Gasteiger partial charge in [0.25, 0.3) is 5.91 Å². The van der Waals surface area contributed by atoms with Gasteiger partial charge in [0.05, 0.1) is 11.1 Å². The van der Waals surface area contributed by atoms with Gasteiger partial charge in [-0.25, -0.2) is 8.78 Å². The molecule has 27 heavy (non-hydrogen) atoms. The molecule has 0 saturated heterocycles. The number of aromatic nitrogens is 2. The predicted molar refractivity (Wildman–Crippen MR) is 102 cm³/mol. The fourth-order valence-electron chi connectivity index (χ4n) is 2.88. The number of aryl methyl sites for hydroxylation is 2. The lowest BCUT2D eigenvalue weighted by molar-refractivity contribution is 0.0942. The summed E-state index contributed by atoms with van der Waals surface area (Å²) in [4.78, 5) is 14.2. The van der Waals surface area contributed by atoms with Gasteiger partial charge >= 0.3 is 0 Å². The van der Waals surface area contributed by atoms with Crippen molar-refractivity contribution in [2.45, 2.75) is 26.3 Å². The topological polar surface area (TPSA) is 83.8 Å². The van der Waals surface area contributed by atoms with Gasteiger partial charge in [-0.2, -0.15) is 5.10 Å². The molecular weight excluding hydrogens is 370 g/mol. The Kier molecular flexibility index (Phi) is 5.67. The second-order valence-electron chi connectivity index (χ2n) is 6.35. The van der Waals surface area contributed by atoms with Crippen molar-refractivity contribution in [3.8, 4) is 11.1 Å². The van der Waals surface area contributed by atoms with Crippen molar-refractivity contribution in [3.63, 3.8) is 0 Å². The zero-order valence-electron chi connectivity index (χ0n) is 15.0. The van der Waals surface area contributed by atoms with Crippen LogP contribution in [0.2, 0.25) is 0 Å². The summed E-state index contributed by atoms with van der Waals surface area (Å²) in [5.41, 5.74) is 9.18. The van der Waals surface area contributed by atoms with Crippen molar-refractivity contribution < 1.29 is 13.6 Å². The number of nitrogens with two attached hydrogens (primary N) is 1. The van der Waals surface area contributed by atoms with Gasteiger partial charge in [-0.15, -0.1) is 11.3 Å². The molecule has 0 radical (unpaired) electrons. The summed E-state index contributed by atoms with van der Waals surface area (Å²) >= 11 is 1.39. The maximum Gasteiger partial charge on any atom is 0.261 e. The van der Waals surface area contributed by atoms with E-state index in [2.05, 4.69) is 15.5 Å². The minimum Gasteiger partial charge on any atom is -0.347 e. The van der Waals surface area contributed by atoms with Gasteiger partial charge < -0.3 is 11.1 Å². The molecule has 0 saturated carbocycles. The normalized spacial score (nSPS) is 12.2. The summed E-state index contributed by atoms with van der Waals surface area (Å²) in [6.07, 6.45) is 2.05. The third kappa shape index (κ3) is 4.23. The van der Waals surface area contributed by atoms with Gasteiger partial charge in [0.1, 0.15) is 0 Å². The number of carbonyl (C=O) groups excluding carboxylic acids is 1. The van der Waals surface area contributed by atoms with E-state index in [9.17, 15) is 13.6 Å². The van der Waals surface area contributed by atoms with Crippen LogP contribution in [-0.4, -0.2) is 28.7 Å². The number of hydrogen-bond acceptors (Lipinski definition) is 4. The maximum atomic E-state index is 13.4. The number of halogens is 2. The molecule has 1 atom stereocenters. The molecule has 0 aliphatic heterocycles. The molecule has 5 nitrogen and oxygen atoms in total.